The fourth-order valence-electron chi connectivity index (χ4n) is 2.22. The van der Waals surface area contributed by atoms with E-state index in [0.29, 0.717) is 26.6 Å². The lowest BCUT2D eigenvalue weighted by Crippen LogP contribution is -2.16. The van der Waals surface area contributed by atoms with E-state index in [1.54, 1.807) is 37.3 Å². The monoisotopic (exact) mass is 438 g/mol. The van der Waals surface area contributed by atoms with Gasteiger partial charge in [0, 0.05) is 9.50 Å². The highest BCUT2D eigenvalue weighted by molar-refractivity contribution is 9.10. The summed E-state index contributed by atoms with van der Waals surface area (Å²) in [5.74, 6) is -0.172. The van der Waals surface area contributed by atoms with E-state index in [9.17, 15) is 9.18 Å². The van der Waals surface area contributed by atoms with Gasteiger partial charge in [-0.05, 0) is 43.3 Å². The summed E-state index contributed by atoms with van der Waals surface area (Å²) in [4.78, 5) is 12.5. The summed E-state index contributed by atoms with van der Waals surface area (Å²) in [6.07, 6.45) is 0. The van der Waals surface area contributed by atoms with Crippen LogP contribution in [-0.2, 0) is 6.61 Å². The first-order chi connectivity index (χ1) is 12.4. The molecule has 0 saturated heterocycles. The molecule has 0 bridgehead atoms. The van der Waals surface area contributed by atoms with Crippen molar-refractivity contribution in [3.8, 4) is 5.75 Å². The molecule has 5 nitrogen and oxygen atoms in total. The quantitative estimate of drug-likeness (QED) is 0.580. The molecule has 26 heavy (non-hydrogen) atoms. The Labute approximate surface area is 162 Å². The summed E-state index contributed by atoms with van der Waals surface area (Å²) < 4.78 is 25.2. The van der Waals surface area contributed by atoms with Crippen LogP contribution in [0.15, 0.2) is 51.5 Å². The van der Waals surface area contributed by atoms with E-state index in [0.717, 1.165) is 0 Å². The maximum atomic E-state index is 13.9. The smallest absolute Gasteiger partial charge is 0.278 e. The van der Waals surface area contributed by atoms with Crippen molar-refractivity contribution in [3.63, 3.8) is 0 Å². The SMILES string of the molecule is Cc1onc(C(=O)Nc2ccc(Br)cc2F)c1COc1cccc(Cl)c1. The molecular weight excluding hydrogens is 427 g/mol. The highest BCUT2D eigenvalue weighted by atomic mass is 79.9. The van der Waals surface area contributed by atoms with E-state index in [4.69, 9.17) is 20.9 Å². The van der Waals surface area contributed by atoms with Crippen molar-refractivity contribution in [2.24, 2.45) is 0 Å². The number of nitrogens with one attached hydrogen (secondary N) is 1. The lowest BCUT2D eigenvalue weighted by atomic mass is 10.2. The van der Waals surface area contributed by atoms with Crippen LogP contribution in [0.1, 0.15) is 21.8 Å². The number of ether oxygens (including phenoxy) is 1. The van der Waals surface area contributed by atoms with Gasteiger partial charge in [0.1, 0.15) is 23.9 Å². The van der Waals surface area contributed by atoms with Crippen molar-refractivity contribution in [1.82, 2.24) is 5.16 Å². The van der Waals surface area contributed by atoms with Crippen molar-refractivity contribution < 1.29 is 18.4 Å². The predicted molar refractivity (Wildman–Crippen MR) is 99.1 cm³/mol. The van der Waals surface area contributed by atoms with Gasteiger partial charge in [0.25, 0.3) is 5.91 Å². The van der Waals surface area contributed by atoms with Gasteiger partial charge in [0.05, 0.1) is 11.3 Å². The third-order valence-corrected chi connectivity index (χ3v) is 4.29. The second kappa shape index (κ2) is 7.88. The number of aromatic nitrogens is 1. The minimum Gasteiger partial charge on any atom is -0.489 e. The number of benzene rings is 2. The maximum Gasteiger partial charge on any atom is 0.278 e. The first kappa shape index (κ1) is 18.4. The van der Waals surface area contributed by atoms with Gasteiger partial charge in [-0.3, -0.25) is 4.79 Å². The summed E-state index contributed by atoms with van der Waals surface area (Å²) in [6, 6.07) is 11.2. The third kappa shape index (κ3) is 4.23. The molecule has 0 spiro atoms. The number of carbonyl (C=O) groups excluding carboxylic acids is 1. The van der Waals surface area contributed by atoms with E-state index < -0.39 is 11.7 Å². The molecule has 8 heteroatoms. The molecule has 134 valence electrons. The van der Waals surface area contributed by atoms with Crippen LogP contribution in [-0.4, -0.2) is 11.1 Å². The molecule has 1 heterocycles. The molecule has 0 aliphatic heterocycles. The van der Waals surface area contributed by atoms with Gasteiger partial charge < -0.3 is 14.6 Å². The van der Waals surface area contributed by atoms with Crippen molar-refractivity contribution in [2.75, 3.05) is 5.32 Å². The summed E-state index contributed by atoms with van der Waals surface area (Å²) >= 11 is 9.08. The lowest BCUT2D eigenvalue weighted by Gasteiger charge is -2.08. The topological polar surface area (TPSA) is 64.4 Å². The molecule has 0 fully saturated rings. The van der Waals surface area contributed by atoms with Crippen molar-refractivity contribution >= 4 is 39.1 Å². The highest BCUT2D eigenvalue weighted by Crippen LogP contribution is 2.23. The largest absolute Gasteiger partial charge is 0.489 e. The zero-order valence-electron chi connectivity index (χ0n) is 13.6. The molecule has 0 aliphatic carbocycles. The Morgan fingerprint density at radius 2 is 2.15 bits per heavy atom. The van der Waals surface area contributed by atoms with Crippen LogP contribution in [0.3, 0.4) is 0 Å². The fraction of sp³-hybridized carbons (Fsp3) is 0.111. The molecular formula is C18H13BrClFN2O3. The molecule has 1 aromatic heterocycles. The molecule has 3 aromatic rings. The second-order valence-corrected chi connectivity index (χ2v) is 6.74. The standard InChI is InChI=1S/C18H13BrClFN2O3/c1-10-14(9-25-13-4-2-3-12(20)8-13)17(23-26-10)18(24)22-16-6-5-11(19)7-15(16)21/h2-8H,9H2,1H3,(H,22,24). The van der Waals surface area contributed by atoms with Gasteiger partial charge in [-0.1, -0.05) is 38.8 Å². The Hall–Kier alpha value is -2.38. The molecule has 1 amide bonds. The molecule has 0 unspecified atom stereocenters. The van der Waals surface area contributed by atoms with Gasteiger partial charge in [-0.2, -0.15) is 0 Å². The van der Waals surface area contributed by atoms with Crippen molar-refractivity contribution in [3.05, 3.63) is 74.8 Å². The third-order valence-electron chi connectivity index (χ3n) is 3.56. The average molecular weight is 440 g/mol. The number of anilines is 1. The molecule has 0 saturated carbocycles. The second-order valence-electron chi connectivity index (χ2n) is 5.39. The van der Waals surface area contributed by atoms with Gasteiger partial charge >= 0.3 is 0 Å². The fourth-order valence-corrected chi connectivity index (χ4v) is 2.74. The lowest BCUT2D eigenvalue weighted by molar-refractivity contribution is 0.101. The molecule has 0 atom stereocenters. The Morgan fingerprint density at radius 1 is 1.35 bits per heavy atom. The van der Waals surface area contributed by atoms with Gasteiger partial charge in [-0.15, -0.1) is 0 Å². The molecule has 0 aliphatic rings. The van der Waals surface area contributed by atoms with Crippen LogP contribution >= 0.6 is 27.5 Å². The van der Waals surface area contributed by atoms with Crippen molar-refractivity contribution in [1.29, 1.82) is 0 Å². The minimum atomic E-state index is -0.590. The van der Waals surface area contributed by atoms with Crippen molar-refractivity contribution in [2.45, 2.75) is 13.5 Å². The van der Waals surface area contributed by atoms with Gasteiger partial charge in [0.2, 0.25) is 0 Å². The molecule has 3 rings (SSSR count). The van der Waals surface area contributed by atoms with Crippen LogP contribution in [0.5, 0.6) is 5.75 Å². The van der Waals surface area contributed by atoms with E-state index in [-0.39, 0.29) is 18.0 Å². The van der Waals surface area contributed by atoms with Crippen LogP contribution < -0.4 is 10.1 Å². The molecule has 2 aromatic carbocycles. The number of carbonyl (C=O) groups is 1. The minimum absolute atomic E-state index is 0.0341. The van der Waals surface area contributed by atoms with E-state index in [1.165, 1.54) is 12.1 Å². The zero-order valence-corrected chi connectivity index (χ0v) is 15.9. The first-order valence-electron chi connectivity index (χ1n) is 7.54. The highest BCUT2D eigenvalue weighted by Gasteiger charge is 2.21. The summed E-state index contributed by atoms with van der Waals surface area (Å²) in [5.41, 5.74) is 0.549. The Kier molecular flexibility index (Phi) is 5.58. The van der Waals surface area contributed by atoms with Crippen LogP contribution in [0.25, 0.3) is 0 Å². The van der Waals surface area contributed by atoms with Crippen LogP contribution in [0, 0.1) is 12.7 Å². The number of hydrogen-bond acceptors (Lipinski definition) is 4. The normalized spacial score (nSPS) is 10.6. The van der Waals surface area contributed by atoms with E-state index in [2.05, 4.69) is 26.4 Å². The van der Waals surface area contributed by atoms with E-state index >= 15 is 0 Å². The summed E-state index contributed by atoms with van der Waals surface area (Å²) in [6.45, 7) is 1.72. The number of halogens is 3. The maximum absolute atomic E-state index is 13.9. The van der Waals surface area contributed by atoms with Gasteiger partial charge in [-0.25, -0.2) is 4.39 Å². The summed E-state index contributed by atoms with van der Waals surface area (Å²) in [5, 5.41) is 6.78. The van der Waals surface area contributed by atoms with Gasteiger partial charge in [0.15, 0.2) is 5.69 Å². The zero-order chi connectivity index (χ0) is 18.7. The number of amides is 1. The number of hydrogen-bond donors (Lipinski definition) is 1. The van der Waals surface area contributed by atoms with Crippen LogP contribution in [0.4, 0.5) is 10.1 Å². The predicted octanol–water partition coefficient (Wildman–Crippen LogP) is 5.37. The Bertz CT molecular complexity index is 961. The Morgan fingerprint density at radius 3 is 2.88 bits per heavy atom. The van der Waals surface area contributed by atoms with Crippen LogP contribution in [0.2, 0.25) is 5.02 Å². The molecule has 1 N–H and O–H groups in total. The number of rotatable bonds is 5. The first-order valence-corrected chi connectivity index (χ1v) is 8.71. The summed E-state index contributed by atoms with van der Waals surface area (Å²) in [7, 11) is 0. The molecule has 0 radical (unpaired) electrons. The average Bonchev–Trinajstić information content (AvgIpc) is 2.96. The number of aryl methyl sites for hydroxylation is 1. The Balaban J connectivity index is 1.77. The number of nitrogens with zero attached hydrogens (tertiary/aromatic N) is 1. The van der Waals surface area contributed by atoms with E-state index in [1.807, 2.05) is 0 Å².